The number of aryl methyl sites for hydroxylation is 1. The first-order valence-electron chi connectivity index (χ1n) is 5.48. The second-order valence-corrected chi connectivity index (χ2v) is 4.13. The van der Waals surface area contributed by atoms with Crippen LogP contribution in [-0.2, 0) is 0 Å². The van der Waals surface area contributed by atoms with Gasteiger partial charge in [0.1, 0.15) is 17.5 Å². The van der Waals surface area contributed by atoms with Crippen LogP contribution in [0.4, 0.5) is 11.6 Å². The van der Waals surface area contributed by atoms with Crippen LogP contribution in [-0.4, -0.2) is 34.8 Å². The van der Waals surface area contributed by atoms with E-state index in [4.69, 9.17) is 0 Å². The Morgan fingerprint density at radius 1 is 1.31 bits per heavy atom. The molecular formula is C11H20N4O. The summed E-state index contributed by atoms with van der Waals surface area (Å²) in [4.78, 5) is 8.43. The molecule has 3 N–H and O–H groups in total. The van der Waals surface area contributed by atoms with E-state index in [0.717, 1.165) is 11.6 Å². The molecule has 1 atom stereocenters. The van der Waals surface area contributed by atoms with E-state index in [1.54, 1.807) is 0 Å². The second-order valence-electron chi connectivity index (χ2n) is 4.13. The van der Waals surface area contributed by atoms with E-state index in [1.807, 2.05) is 33.9 Å². The van der Waals surface area contributed by atoms with Gasteiger partial charge in [0.05, 0.1) is 6.10 Å². The lowest BCUT2D eigenvalue weighted by molar-refractivity contribution is 0.138. The maximum atomic E-state index is 9.66. The van der Waals surface area contributed by atoms with Crippen molar-refractivity contribution in [3.63, 3.8) is 0 Å². The summed E-state index contributed by atoms with van der Waals surface area (Å²) < 4.78 is 0. The van der Waals surface area contributed by atoms with Gasteiger partial charge in [-0.2, -0.15) is 0 Å². The number of hydrogen-bond acceptors (Lipinski definition) is 5. The quantitative estimate of drug-likeness (QED) is 0.702. The van der Waals surface area contributed by atoms with Crippen LogP contribution in [0.15, 0.2) is 6.07 Å². The van der Waals surface area contributed by atoms with Crippen LogP contribution in [0.3, 0.4) is 0 Å². The Bertz CT molecular complexity index is 341. The second kappa shape index (κ2) is 5.65. The first kappa shape index (κ1) is 12.7. The van der Waals surface area contributed by atoms with Crippen LogP contribution in [0.25, 0.3) is 0 Å². The van der Waals surface area contributed by atoms with Gasteiger partial charge in [0, 0.05) is 19.7 Å². The number of aromatic nitrogens is 2. The molecule has 0 fully saturated rings. The zero-order valence-corrected chi connectivity index (χ0v) is 10.3. The molecule has 0 saturated heterocycles. The van der Waals surface area contributed by atoms with Crippen molar-refractivity contribution in [3.8, 4) is 0 Å². The zero-order chi connectivity index (χ0) is 12.1. The van der Waals surface area contributed by atoms with Crippen molar-refractivity contribution in [2.75, 3.05) is 24.2 Å². The molecule has 1 unspecified atom stereocenters. The highest BCUT2D eigenvalue weighted by molar-refractivity contribution is 5.47. The molecular weight excluding hydrogens is 204 g/mol. The molecule has 0 bridgehead atoms. The van der Waals surface area contributed by atoms with Crippen molar-refractivity contribution in [1.29, 1.82) is 0 Å². The number of rotatable bonds is 5. The number of anilines is 2. The van der Waals surface area contributed by atoms with E-state index < -0.39 is 0 Å². The SMILES string of the molecule is CNc1cc(NCC(O)C(C)C)nc(C)n1. The van der Waals surface area contributed by atoms with Gasteiger partial charge in [0.15, 0.2) is 0 Å². The van der Waals surface area contributed by atoms with Crippen LogP contribution in [0.5, 0.6) is 0 Å². The molecule has 1 aromatic heterocycles. The summed E-state index contributed by atoms with van der Waals surface area (Å²) in [5.41, 5.74) is 0. The highest BCUT2D eigenvalue weighted by atomic mass is 16.3. The first-order valence-corrected chi connectivity index (χ1v) is 5.48. The van der Waals surface area contributed by atoms with E-state index in [9.17, 15) is 5.11 Å². The molecule has 5 heteroatoms. The molecule has 0 aromatic carbocycles. The molecule has 1 aromatic rings. The first-order chi connectivity index (χ1) is 7.52. The maximum Gasteiger partial charge on any atom is 0.131 e. The van der Waals surface area contributed by atoms with E-state index in [1.165, 1.54) is 0 Å². The van der Waals surface area contributed by atoms with Gasteiger partial charge in [-0.3, -0.25) is 0 Å². The van der Waals surface area contributed by atoms with Gasteiger partial charge in [-0.05, 0) is 12.8 Å². The average molecular weight is 224 g/mol. The highest BCUT2D eigenvalue weighted by Gasteiger charge is 2.09. The average Bonchev–Trinajstić information content (AvgIpc) is 2.24. The summed E-state index contributed by atoms with van der Waals surface area (Å²) in [6, 6.07) is 1.82. The predicted molar refractivity (Wildman–Crippen MR) is 65.7 cm³/mol. The van der Waals surface area contributed by atoms with E-state index in [-0.39, 0.29) is 12.0 Å². The predicted octanol–water partition coefficient (Wildman–Crippen LogP) is 1.26. The lowest BCUT2D eigenvalue weighted by atomic mass is 10.1. The maximum absolute atomic E-state index is 9.66. The molecule has 0 spiro atoms. The van der Waals surface area contributed by atoms with Crippen LogP contribution >= 0.6 is 0 Å². The highest BCUT2D eigenvalue weighted by Crippen LogP contribution is 2.11. The summed E-state index contributed by atoms with van der Waals surface area (Å²) in [6.45, 7) is 6.30. The van der Waals surface area contributed by atoms with Crippen molar-refractivity contribution in [1.82, 2.24) is 9.97 Å². The van der Waals surface area contributed by atoms with E-state index in [0.29, 0.717) is 12.4 Å². The topological polar surface area (TPSA) is 70.1 Å². The van der Waals surface area contributed by atoms with Crippen LogP contribution in [0.2, 0.25) is 0 Å². The third kappa shape index (κ3) is 3.66. The smallest absolute Gasteiger partial charge is 0.131 e. The fourth-order valence-corrected chi connectivity index (χ4v) is 1.23. The molecule has 0 saturated carbocycles. The molecule has 1 rings (SSSR count). The molecule has 0 radical (unpaired) electrons. The normalized spacial score (nSPS) is 12.6. The number of hydrogen-bond donors (Lipinski definition) is 3. The molecule has 5 nitrogen and oxygen atoms in total. The minimum absolute atomic E-state index is 0.235. The fourth-order valence-electron chi connectivity index (χ4n) is 1.23. The van der Waals surface area contributed by atoms with Gasteiger partial charge in [-0.1, -0.05) is 13.8 Å². The molecule has 0 aliphatic carbocycles. The lowest BCUT2D eigenvalue weighted by Gasteiger charge is -2.15. The number of nitrogens with zero attached hydrogens (tertiary/aromatic N) is 2. The molecule has 16 heavy (non-hydrogen) atoms. The van der Waals surface area contributed by atoms with Crippen LogP contribution in [0, 0.1) is 12.8 Å². The van der Waals surface area contributed by atoms with Crippen molar-refractivity contribution in [2.24, 2.45) is 5.92 Å². The van der Waals surface area contributed by atoms with Crippen molar-refractivity contribution in [2.45, 2.75) is 26.9 Å². The van der Waals surface area contributed by atoms with Gasteiger partial charge < -0.3 is 15.7 Å². The Labute approximate surface area is 96.3 Å². The van der Waals surface area contributed by atoms with Gasteiger partial charge in [0.2, 0.25) is 0 Å². The summed E-state index contributed by atoms with van der Waals surface area (Å²) in [6.07, 6.45) is -0.367. The minimum atomic E-state index is -0.367. The summed E-state index contributed by atoms with van der Waals surface area (Å²) in [5.74, 6) is 2.44. The van der Waals surface area contributed by atoms with Gasteiger partial charge >= 0.3 is 0 Å². The molecule has 1 heterocycles. The van der Waals surface area contributed by atoms with Crippen LogP contribution in [0.1, 0.15) is 19.7 Å². The monoisotopic (exact) mass is 224 g/mol. The largest absolute Gasteiger partial charge is 0.391 e. The fraction of sp³-hybridized carbons (Fsp3) is 0.636. The molecule has 0 amide bonds. The van der Waals surface area contributed by atoms with Crippen molar-refractivity contribution < 1.29 is 5.11 Å². The summed E-state index contributed by atoms with van der Waals surface area (Å²) >= 11 is 0. The lowest BCUT2D eigenvalue weighted by Crippen LogP contribution is -2.25. The van der Waals surface area contributed by atoms with E-state index >= 15 is 0 Å². The van der Waals surface area contributed by atoms with Crippen LogP contribution < -0.4 is 10.6 Å². The molecule has 0 aliphatic rings. The number of nitrogens with one attached hydrogen (secondary N) is 2. The van der Waals surface area contributed by atoms with Crippen molar-refractivity contribution >= 4 is 11.6 Å². The summed E-state index contributed by atoms with van der Waals surface area (Å²) in [7, 11) is 1.81. The Hall–Kier alpha value is -1.36. The van der Waals surface area contributed by atoms with Gasteiger partial charge in [-0.25, -0.2) is 9.97 Å². The van der Waals surface area contributed by atoms with Gasteiger partial charge in [0.25, 0.3) is 0 Å². The Morgan fingerprint density at radius 2 is 1.94 bits per heavy atom. The summed E-state index contributed by atoms with van der Waals surface area (Å²) in [5, 5.41) is 15.7. The minimum Gasteiger partial charge on any atom is -0.391 e. The Balaban J connectivity index is 2.63. The third-order valence-corrected chi connectivity index (χ3v) is 2.36. The van der Waals surface area contributed by atoms with Gasteiger partial charge in [-0.15, -0.1) is 0 Å². The number of aliphatic hydroxyl groups is 1. The zero-order valence-electron chi connectivity index (χ0n) is 10.3. The third-order valence-electron chi connectivity index (χ3n) is 2.36. The molecule has 90 valence electrons. The Kier molecular flexibility index (Phi) is 4.49. The molecule has 0 aliphatic heterocycles. The Morgan fingerprint density at radius 3 is 2.50 bits per heavy atom. The standard InChI is InChI=1S/C11H20N4O/c1-7(2)9(16)6-13-11-5-10(12-4)14-8(3)15-11/h5,7,9,16H,6H2,1-4H3,(H2,12,13,14,15). The van der Waals surface area contributed by atoms with Crippen molar-refractivity contribution in [3.05, 3.63) is 11.9 Å². The van der Waals surface area contributed by atoms with E-state index in [2.05, 4.69) is 20.6 Å². The number of aliphatic hydroxyl groups excluding tert-OH is 1.